The summed E-state index contributed by atoms with van der Waals surface area (Å²) < 4.78 is 33.0. The van der Waals surface area contributed by atoms with E-state index in [0.717, 1.165) is 12.8 Å². The third-order valence-electron chi connectivity index (χ3n) is 3.20. The molecule has 0 saturated carbocycles. The van der Waals surface area contributed by atoms with Gasteiger partial charge in [0.25, 0.3) is 0 Å². The summed E-state index contributed by atoms with van der Waals surface area (Å²) in [7, 11) is 1.84. The van der Waals surface area contributed by atoms with Crippen LogP contribution >= 0.6 is 0 Å². The first-order valence-corrected chi connectivity index (χ1v) is 5.94. The number of hydrogen-bond acceptors (Lipinski definition) is 2. The van der Waals surface area contributed by atoms with Crippen molar-refractivity contribution < 1.29 is 13.5 Å². The molecule has 2 nitrogen and oxygen atoms in total. The van der Waals surface area contributed by atoms with Gasteiger partial charge in [-0.15, -0.1) is 0 Å². The molecule has 0 spiro atoms. The van der Waals surface area contributed by atoms with Gasteiger partial charge in [-0.05, 0) is 32.0 Å². The lowest BCUT2D eigenvalue weighted by Crippen LogP contribution is -2.31. The zero-order valence-corrected chi connectivity index (χ0v) is 9.88. The van der Waals surface area contributed by atoms with Crippen molar-refractivity contribution in [3.8, 4) is 0 Å². The van der Waals surface area contributed by atoms with Crippen molar-refractivity contribution in [1.29, 1.82) is 0 Å². The second-order valence-corrected chi connectivity index (χ2v) is 4.39. The van der Waals surface area contributed by atoms with E-state index in [1.165, 1.54) is 18.2 Å². The Bertz CT molecular complexity index is 361. The van der Waals surface area contributed by atoms with E-state index in [2.05, 4.69) is 5.32 Å². The lowest BCUT2D eigenvalue weighted by molar-refractivity contribution is -0.0311. The molecule has 2 unspecified atom stereocenters. The highest BCUT2D eigenvalue weighted by Crippen LogP contribution is 2.35. The van der Waals surface area contributed by atoms with Gasteiger partial charge in [-0.25, -0.2) is 8.78 Å². The molecule has 2 atom stereocenters. The molecule has 1 saturated heterocycles. The molecule has 17 heavy (non-hydrogen) atoms. The van der Waals surface area contributed by atoms with Crippen LogP contribution in [-0.2, 0) is 4.74 Å². The van der Waals surface area contributed by atoms with Crippen molar-refractivity contribution in [2.45, 2.75) is 18.9 Å². The summed E-state index contributed by atoms with van der Waals surface area (Å²) in [6, 6.07) is 3.95. The van der Waals surface area contributed by atoms with Crippen LogP contribution in [0.2, 0.25) is 0 Å². The molecule has 1 aromatic carbocycles. The van der Waals surface area contributed by atoms with Gasteiger partial charge in [0.05, 0.1) is 11.7 Å². The molecule has 1 N–H and O–H groups in total. The quantitative estimate of drug-likeness (QED) is 0.878. The van der Waals surface area contributed by atoms with Crippen molar-refractivity contribution in [1.82, 2.24) is 5.32 Å². The molecule has 1 heterocycles. The Morgan fingerprint density at radius 2 is 2.06 bits per heavy atom. The molecule has 0 aromatic heterocycles. The van der Waals surface area contributed by atoms with Gasteiger partial charge in [0.2, 0.25) is 0 Å². The van der Waals surface area contributed by atoms with Crippen LogP contribution in [0.5, 0.6) is 0 Å². The van der Waals surface area contributed by atoms with Gasteiger partial charge in [-0.1, -0.05) is 6.07 Å². The van der Waals surface area contributed by atoms with E-state index in [9.17, 15) is 8.78 Å². The molecule has 94 valence electrons. The standard InChI is InChI=1S/C13H17F2NO/c1-16-8-9-4-3-7-17-13(9)12-10(14)5-2-6-11(12)15/h2,5-6,9,13,16H,3-4,7-8H2,1H3. The maximum atomic E-state index is 13.7. The summed E-state index contributed by atoms with van der Waals surface area (Å²) in [5.74, 6) is -0.906. The van der Waals surface area contributed by atoms with E-state index in [0.29, 0.717) is 13.2 Å². The fourth-order valence-electron chi connectivity index (χ4n) is 2.42. The minimum atomic E-state index is -0.516. The normalized spacial score (nSPS) is 24.9. The van der Waals surface area contributed by atoms with Crippen LogP contribution in [0.25, 0.3) is 0 Å². The molecule has 0 aliphatic carbocycles. The summed E-state index contributed by atoms with van der Waals surface area (Å²) >= 11 is 0. The Balaban J connectivity index is 2.29. The second kappa shape index (κ2) is 5.56. The molecule has 1 fully saturated rings. The van der Waals surface area contributed by atoms with Gasteiger partial charge in [0.15, 0.2) is 0 Å². The van der Waals surface area contributed by atoms with E-state index in [-0.39, 0.29) is 11.5 Å². The lowest BCUT2D eigenvalue weighted by atomic mass is 9.89. The predicted octanol–water partition coefficient (Wildman–Crippen LogP) is 2.65. The van der Waals surface area contributed by atoms with E-state index >= 15 is 0 Å². The Morgan fingerprint density at radius 1 is 1.35 bits per heavy atom. The molecule has 2 rings (SSSR count). The molecular formula is C13H17F2NO. The van der Waals surface area contributed by atoms with Gasteiger partial charge >= 0.3 is 0 Å². The van der Waals surface area contributed by atoms with E-state index in [1.54, 1.807) is 0 Å². The fraction of sp³-hybridized carbons (Fsp3) is 0.538. The molecule has 4 heteroatoms. The molecule has 0 bridgehead atoms. The van der Waals surface area contributed by atoms with Crippen LogP contribution < -0.4 is 5.32 Å². The summed E-state index contributed by atoms with van der Waals surface area (Å²) in [5.41, 5.74) is 0.0763. The number of ether oxygens (including phenoxy) is 1. The van der Waals surface area contributed by atoms with Gasteiger partial charge in [0.1, 0.15) is 11.6 Å². The Labute approximate surface area is 100.0 Å². The van der Waals surface area contributed by atoms with Gasteiger partial charge in [-0.2, -0.15) is 0 Å². The lowest BCUT2D eigenvalue weighted by Gasteiger charge is -2.32. The first kappa shape index (κ1) is 12.5. The molecule has 0 amide bonds. The van der Waals surface area contributed by atoms with Crippen LogP contribution in [0.1, 0.15) is 24.5 Å². The first-order chi connectivity index (χ1) is 8.24. The smallest absolute Gasteiger partial charge is 0.131 e. The summed E-state index contributed by atoms with van der Waals surface area (Å²) in [4.78, 5) is 0. The number of nitrogens with one attached hydrogen (secondary N) is 1. The molecular weight excluding hydrogens is 224 g/mol. The third-order valence-corrected chi connectivity index (χ3v) is 3.20. The van der Waals surface area contributed by atoms with Crippen molar-refractivity contribution >= 4 is 0 Å². The highest BCUT2D eigenvalue weighted by atomic mass is 19.1. The fourth-order valence-corrected chi connectivity index (χ4v) is 2.42. The van der Waals surface area contributed by atoms with Crippen molar-refractivity contribution in [2.24, 2.45) is 5.92 Å². The zero-order valence-electron chi connectivity index (χ0n) is 9.88. The monoisotopic (exact) mass is 241 g/mol. The van der Waals surface area contributed by atoms with Crippen molar-refractivity contribution in [3.05, 3.63) is 35.4 Å². The van der Waals surface area contributed by atoms with Crippen molar-refractivity contribution in [3.63, 3.8) is 0 Å². The topological polar surface area (TPSA) is 21.3 Å². The Morgan fingerprint density at radius 3 is 2.71 bits per heavy atom. The van der Waals surface area contributed by atoms with Crippen LogP contribution in [-0.4, -0.2) is 20.2 Å². The van der Waals surface area contributed by atoms with Gasteiger partial charge < -0.3 is 10.1 Å². The van der Waals surface area contributed by atoms with Crippen molar-refractivity contribution in [2.75, 3.05) is 20.2 Å². The minimum Gasteiger partial charge on any atom is -0.373 e. The summed E-state index contributed by atoms with van der Waals surface area (Å²) in [6.45, 7) is 1.27. The van der Waals surface area contributed by atoms with Crippen LogP contribution in [0, 0.1) is 17.6 Å². The highest BCUT2D eigenvalue weighted by molar-refractivity contribution is 5.23. The number of rotatable bonds is 3. The molecule has 1 aliphatic heterocycles. The van der Waals surface area contributed by atoms with Gasteiger partial charge in [0, 0.05) is 19.1 Å². The number of halogens is 2. The van der Waals surface area contributed by atoms with Gasteiger partial charge in [-0.3, -0.25) is 0 Å². The maximum Gasteiger partial charge on any atom is 0.131 e. The maximum absolute atomic E-state index is 13.7. The zero-order chi connectivity index (χ0) is 12.3. The minimum absolute atomic E-state index is 0.0763. The van der Waals surface area contributed by atoms with E-state index in [1.807, 2.05) is 7.05 Å². The third kappa shape index (κ3) is 2.64. The van der Waals surface area contributed by atoms with Crippen LogP contribution in [0.15, 0.2) is 18.2 Å². The largest absolute Gasteiger partial charge is 0.373 e. The van der Waals surface area contributed by atoms with Crippen LogP contribution in [0.4, 0.5) is 8.78 Å². The first-order valence-electron chi connectivity index (χ1n) is 5.94. The average Bonchev–Trinajstić information content (AvgIpc) is 2.31. The summed E-state index contributed by atoms with van der Waals surface area (Å²) in [5, 5.41) is 3.05. The highest BCUT2D eigenvalue weighted by Gasteiger charge is 2.31. The molecule has 1 aliphatic rings. The number of hydrogen-bond donors (Lipinski definition) is 1. The Kier molecular flexibility index (Phi) is 4.07. The predicted molar refractivity (Wildman–Crippen MR) is 61.7 cm³/mol. The van der Waals surface area contributed by atoms with E-state index < -0.39 is 17.7 Å². The second-order valence-electron chi connectivity index (χ2n) is 4.39. The van der Waals surface area contributed by atoms with Crippen LogP contribution in [0.3, 0.4) is 0 Å². The SMILES string of the molecule is CNCC1CCCOC1c1c(F)cccc1F. The van der Waals surface area contributed by atoms with E-state index in [4.69, 9.17) is 4.74 Å². The Hall–Kier alpha value is -1.00. The number of benzene rings is 1. The molecule has 1 aromatic rings. The molecule has 0 radical (unpaired) electrons. The average molecular weight is 241 g/mol. The summed E-state index contributed by atoms with van der Waals surface area (Å²) in [6.07, 6.45) is 1.40.